The largest absolute Gasteiger partial charge is 0.481 e. The van der Waals surface area contributed by atoms with Crippen molar-refractivity contribution in [2.75, 3.05) is 7.11 Å². The van der Waals surface area contributed by atoms with Gasteiger partial charge in [-0.2, -0.15) is 0 Å². The van der Waals surface area contributed by atoms with Gasteiger partial charge in [-0.05, 0) is 29.7 Å². The van der Waals surface area contributed by atoms with Crippen LogP contribution in [0.4, 0.5) is 4.39 Å². The van der Waals surface area contributed by atoms with E-state index in [1.165, 1.54) is 12.1 Å². The van der Waals surface area contributed by atoms with E-state index in [0.29, 0.717) is 5.88 Å². The third-order valence-corrected chi connectivity index (χ3v) is 2.82. The molecule has 2 nitrogen and oxygen atoms in total. The molecule has 0 radical (unpaired) electrons. The molecule has 1 heterocycles. The summed E-state index contributed by atoms with van der Waals surface area (Å²) in [6.45, 7) is 0. The maximum Gasteiger partial charge on any atom is 0.221 e. The van der Waals surface area contributed by atoms with Crippen LogP contribution >= 0.6 is 0 Å². The summed E-state index contributed by atoms with van der Waals surface area (Å²) in [5.74, 6) is 0.273. The number of rotatable bonds is 1. The first-order valence-electron chi connectivity index (χ1n) is 5.31. The molecule has 0 saturated heterocycles. The molecule has 0 bridgehead atoms. The number of fused-ring (bicyclic) bond motifs is 3. The lowest BCUT2D eigenvalue weighted by molar-refractivity contribution is 0.405. The van der Waals surface area contributed by atoms with Crippen molar-refractivity contribution in [3.63, 3.8) is 0 Å². The molecule has 0 saturated carbocycles. The van der Waals surface area contributed by atoms with Crippen LogP contribution in [-0.4, -0.2) is 12.1 Å². The lowest BCUT2D eigenvalue weighted by atomic mass is 10.1. The van der Waals surface area contributed by atoms with Gasteiger partial charge in [0.15, 0.2) is 0 Å². The predicted molar refractivity (Wildman–Crippen MR) is 65.8 cm³/mol. The van der Waals surface area contributed by atoms with Gasteiger partial charge >= 0.3 is 0 Å². The van der Waals surface area contributed by atoms with Crippen molar-refractivity contribution in [3.8, 4) is 5.88 Å². The van der Waals surface area contributed by atoms with Gasteiger partial charge in [0, 0.05) is 10.8 Å². The van der Waals surface area contributed by atoms with Crippen molar-refractivity contribution in [3.05, 3.63) is 48.3 Å². The van der Waals surface area contributed by atoms with Gasteiger partial charge in [-0.3, -0.25) is 0 Å². The average Bonchev–Trinajstić information content (AvgIpc) is 2.37. The van der Waals surface area contributed by atoms with Gasteiger partial charge in [0.2, 0.25) is 5.88 Å². The molecule has 0 aliphatic carbocycles. The highest BCUT2D eigenvalue weighted by atomic mass is 19.1. The van der Waals surface area contributed by atoms with Crippen LogP contribution in [0.25, 0.3) is 21.7 Å². The number of nitrogens with zero attached hydrogens (tertiary/aromatic N) is 1. The zero-order valence-electron chi connectivity index (χ0n) is 9.27. The number of methoxy groups -OCH3 is 1. The fraction of sp³-hybridized carbons (Fsp3) is 0.0714. The fourth-order valence-corrected chi connectivity index (χ4v) is 2.05. The molecule has 0 N–H and O–H groups in total. The van der Waals surface area contributed by atoms with Gasteiger partial charge in [0.25, 0.3) is 0 Å². The Balaban J connectivity index is 2.56. The van der Waals surface area contributed by atoms with E-state index in [4.69, 9.17) is 4.74 Å². The van der Waals surface area contributed by atoms with Crippen LogP contribution in [0.2, 0.25) is 0 Å². The molecule has 0 fully saturated rings. The Bertz CT molecular complexity index is 709. The third kappa shape index (κ3) is 1.51. The molecular formula is C14H10FNO. The smallest absolute Gasteiger partial charge is 0.221 e. The first kappa shape index (κ1) is 10.0. The zero-order chi connectivity index (χ0) is 11.8. The number of para-hydroxylation sites is 1. The van der Waals surface area contributed by atoms with Crippen LogP contribution in [0.5, 0.6) is 5.88 Å². The molecule has 3 aromatic rings. The molecule has 0 atom stereocenters. The van der Waals surface area contributed by atoms with Crippen molar-refractivity contribution < 1.29 is 9.13 Å². The number of benzene rings is 2. The standard InChI is InChI=1S/C14H10FNO/c1-17-14-11-7-6-9(15)8-12(11)10-4-2-3-5-13(10)16-14/h2-8H,1H3. The summed E-state index contributed by atoms with van der Waals surface area (Å²) < 4.78 is 18.6. The maximum absolute atomic E-state index is 13.3. The van der Waals surface area contributed by atoms with E-state index < -0.39 is 0 Å². The van der Waals surface area contributed by atoms with E-state index in [-0.39, 0.29) is 5.82 Å². The van der Waals surface area contributed by atoms with Crippen molar-refractivity contribution in [1.82, 2.24) is 4.98 Å². The predicted octanol–water partition coefficient (Wildman–Crippen LogP) is 3.54. The van der Waals surface area contributed by atoms with Gasteiger partial charge in [-0.1, -0.05) is 18.2 Å². The first-order chi connectivity index (χ1) is 8.29. The van der Waals surface area contributed by atoms with E-state index in [1.54, 1.807) is 13.2 Å². The average molecular weight is 227 g/mol. The fourth-order valence-electron chi connectivity index (χ4n) is 2.05. The molecule has 0 unspecified atom stereocenters. The van der Waals surface area contributed by atoms with Gasteiger partial charge in [0.05, 0.1) is 12.6 Å². The van der Waals surface area contributed by atoms with Crippen molar-refractivity contribution in [2.24, 2.45) is 0 Å². The maximum atomic E-state index is 13.3. The SMILES string of the molecule is COc1nc2ccccc2c2cc(F)ccc12. The van der Waals surface area contributed by atoms with Gasteiger partial charge in [-0.25, -0.2) is 9.37 Å². The van der Waals surface area contributed by atoms with Crippen LogP contribution in [0.1, 0.15) is 0 Å². The normalized spacial score (nSPS) is 10.9. The Morgan fingerprint density at radius 2 is 1.82 bits per heavy atom. The van der Waals surface area contributed by atoms with Crippen molar-refractivity contribution in [1.29, 1.82) is 0 Å². The van der Waals surface area contributed by atoms with Crippen LogP contribution < -0.4 is 4.74 Å². The van der Waals surface area contributed by atoms with Crippen LogP contribution in [0.15, 0.2) is 42.5 Å². The number of halogens is 1. The summed E-state index contributed by atoms with van der Waals surface area (Å²) in [6.07, 6.45) is 0. The number of aromatic nitrogens is 1. The molecule has 0 amide bonds. The summed E-state index contributed by atoms with van der Waals surface area (Å²) in [4.78, 5) is 4.41. The minimum Gasteiger partial charge on any atom is -0.481 e. The highest BCUT2D eigenvalue weighted by Crippen LogP contribution is 2.30. The lowest BCUT2D eigenvalue weighted by Gasteiger charge is -2.08. The Labute approximate surface area is 97.7 Å². The van der Waals surface area contributed by atoms with E-state index in [2.05, 4.69) is 4.98 Å². The Morgan fingerprint density at radius 1 is 1.00 bits per heavy atom. The van der Waals surface area contributed by atoms with E-state index >= 15 is 0 Å². The number of hydrogen-bond donors (Lipinski definition) is 0. The van der Waals surface area contributed by atoms with Crippen LogP contribution in [0.3, 0.4) is 0 Å². The summed E-state index contributed by atoms with van der Waals surface area (Å²) in [7, 11) is 1.57. The highest BCUT2D eigenvalue weighted by Gasteiger charge is 2.08. The summed E-state index contributed by atoms with van der Waals surface area (Å²) in [5, 5.41) is 2.59. The van der Waals surface area contributed by atoms with E-state index in [0.717, 1.165) is 21.7 Å². The second-order valence-electron chi connectivity index (χ2n) is 3.83. The van der Waals surface area contributed by atoms with Gasteiger partial charge in [0.1, 0.15) is 5.82 Å². The monoisotopic (exact) mass is 227 g/mol. The summed E-state index contributed by atoms with van der Waals surface area (Å²) in [5.41, 5.74) is 0.808. The molecule has 1 aromatic heterocycles. The van der Waals surface area contributed by atoms with Gasteiger partial charge < -0.3 is 4.74 Å². The Morgan fingerprint density at radius 3 is 2.65 bits per heavy atom. The summed E-state index contributed by atoms with van der Waals surface area (Å²) in [6, 6.07) is 12.3. The van der Waals surface area contributed by atoms with E-state index in [9.17, 15) is 4.39 Å². The molecule has 2 aromatic carbocycles. The number of pyridine rings is 1. The summed E-state index contributed by atoms with van der Waals surface area (Å²) >= 11 is 0. The van der Waals surface area contributed by atoms with Crippen LogP contribution in [0, 0.1) is 5.82 Å². The molecular weight excluding hydrogens is 217 g/mol. The minimum atomic E-state index is -0.254. The topological polar surface area (TPSA) is 22.1 Å². The molecule has 0 aliphatic heterocycles. The van der Waals surface area contributed by atoms with Crippen LogP contribution in [-0.2, 0) is 0 Å². The molecule has 84 valence electrons. The molecule has 3 rings (SSSR count). The second-order valence-corrected chi connectivity index (χ2v) is 3.83. The lowest BCUT2D eigenvalue weighted by Crippen LogP contribution is -1.91. The zero-order valence-corrected chi connectivity index (χ0v) is 9.27. The third-order valence-electron chi connectivity index (χ3n) is 2.82. The Kier molecular flexibility index (Phi) is 2.18. The van der Waals surface area contributed by atoms with Gasteiger partial charge in [-0.15, -0.1) is 0 Å². The van der Waals surface area contributed by atoms with Crippen molar-refractivity contribution in [2.45, 2.75) is 0 Å². The minimum absolute atomic E-state index is 0.254. The Hall–Kier alpha value is -2.16. The first-order valence-corrected chi connectivity index (χ1v) is 5.31. The molecule has 0 spiro atoms. The second kappa shape index (κ2) is 3.70. The number of ether oxygens (including phenoxy) is 1. The molecule has 17 heavy (non-hydrogen) atoms. The quantitative estimate of drug-likeness (QED) is 0.593. The molecule has 3 heteroatoms. The molecule has 0 aliphatic rings. The highest BCUT2D eigenvalue weighted by molar-refractivity contribution is 6.07. The van der Waals surface area contributed by atoms with E-state index in [1.807, 2.05) is 24.3 Å². The van der Waals surface area contributed by atoms with Crippen molar-refractivity contribution >= 4 is 21.7 Å². The number of hydrogen-bond acceptors (Lipinski definition) is 2.